The van der Waals surface area contributed by atoms with E-state index in [9.17, 15) is 4.79 Å². The van der Waals surface area contributed by atoms with Gasteiger partial charge in [-0.2, -0.15) is 0 Å². The summed E-state index contributed by atoms with van der Waals surface area (Å²) in [5.74, 6) is 0.0365. The minimum atomic E-state index is -0.234. The van der Waals surface area contributed by atoms with Gasteiger partial charge in [-0.05, 0) is 37.7 Å². The number of carbonyl (C=O) groups excluding carboxylic acids is 1. The molecule has 1 aromatic carbocycles. The number of fused-ring (bicyclic) bond motifs is 1. The molecule has 1 amide bonds. The summed E-state index contributed by atoms with van der Waals surface area (Å²) in [5.41, 5.74) is 1.94. The van der Waals surface area contributed by atoms with Gasteiger partial charge in [-0.15, -0.1) is 0 Å². The van der Waals surface area contributed by atoms with Crippen molar-refractivity contribution in [3.8, 4) is 0 Å². The fourth-order valence-corrected chi connectivity index (χ4v) is 3.19. The van der Waals surface area contributed by atoms with Gasteiger partial charge in [-0.25, -0.2) is 0 Å². The van der Waals surface area contributed by atoms with E-state index in [-0.39, 0.29) is 11.9 Å². The van der Waals surface area contributed by atoms with Crippen molar-refractivity contribution in [2.24, 2.45) is 0 Å². The molecule has 1 saturated heterocycles. The molecule has 2 aliphatic rings. The summed E-state index contributed by atoms with van der Waals surface area (Å²) in [6.45, 7) is 5.58. The monoisotopic (exact) mass is 353 g/mol. The molecule has 2 N–H and O–H groups in total. The molecule has 0 aromatic heterocycles. The van der Waals surface area contributed by atoms with E-state index in [2.05, 4.69) is 31.5 Å². The summed E-state index contributed by atoms with van der Waals surface area (Å²) in [7, 11) is 0. The molecule has 1 atom stereocenters. The molecule has 0 bridgehead atoms. The van der Waals surface area contributed by atoms with Gasteiger partial charge < -0.3 is 15.4 Å². The Morgan fingerprint density at radius 3 is 3.00 bits per heavy atom. The molecule has 0 spiro atoms. The minimum Gasteiger partial charge on any atom is -0.379 e. The highest BCUT2D eigenvalue weighted by Crippen LogP contribution is 2.32. The molecular weight excluding hydrogens is 334 g/mol. The van der Waals surface area contributed by atoms with Crippen molar-refractivity contribution < 1.29 is 9.53 Å². The fourth-order valence-electron chi connectivity index (χ4n) is 2.81. The number of morpholine rings is 1. The van der Waals surface area contributed by atoms with E-state index in [0.717, 1.165) is 61.5 Å². The smallest absolute Gasteiger partial charge is 0.246 e. The van der Waals surface area contributed by atoms with Crippen LogP contribution in [0.2, 0.25) is 0 Å². The third-order valence-corrected chi connectivity index (χ3v) is 4.44. The van der Waals surface area contributed by atoms with Crippen molar-refractivity contribution in [2.75, 3.05) is 44.7 Å². The quantitative estimate of drug-likeness (QED) is 0.792. The van der Waals surface area contributed by atoms with Crippen LogP contribution in [0.4, 0.5) is 5.69 Å². The molecule has 2 heterocycles. The first-order valence-corrected chi connectivity index (χ1v) is 8.17. The molecule has 114 valence electrons. The van der Waals surface area contributed by atoms with Gasteiger partial charge in [0, 0.05) is 28.8 Å². The van der Waals surface area contributed by atoms with Crippen LogP contribution in [0.3, 0.4) is 0 Å². The molecule has 5 nitrogen and oxygen atoms in total. The first-order chi connectivity index (χ1) is 10.2. The molecule has 2 aliphatic heterocycles. The lowest BCUT2D eigenvalue weighted by atomic mass is 10.1. The molecule has 1 fully saturated rings. The first kappa shape index (κ1) is 15.0. The second kappa shape index (κ2) is 6.87. The predicted octanol–water partition coefficient (Wildman–Crippen LogP) is 1.75. The zero-order valence-corrected chi connectivity index (χ0v) is 13.5. The van der Waals surface area contributed by atoms with Crippen LogP contribution in [0.1, 0.15) is 18.0 Å². The lowest BCUT2D eigenvalue weighted by Crippen LogP contribution is -2.38. The topological polar surface area (TPSA) is 53.6 Å². The Kier molecular flexibility index (Phi) is 4.90. The summed E-state index contributed by atoms with van der Waals surface area (Å²) in [4.78, 5) is 14.4. The van der Waals surface area contributed by atoms with Gasteiger partial charge in [0.05, 0.1) is 13.2 Å². The molecular formula is C15H20BrN3O2. The molecule has 6 heteroatoms. The summed E-state index contributed by atoms with van der Waals surface area (Å²) in [6, 6.07) is 5.65. The fraction of sp³-hybridized carbons (Fsp3) is 0.533. The van der Waals surface area contributed by atoms with Gasteiger partial charge in [0.2, 0.25) is 5.91 Å². The van der Waals surface area contributed by atoms with E-state index in [1.165, 1.54) is 0 Å². The lowest BCUT2D eigenvalue weighted by molar-refractivity contribution is -0.117. The van der Waals surface area contributed by atoms with Crippen molar-refractivity contribution in [3.05, 3.63) is 28.2 Å². The number of benzene rings is 1. The second-order valence-corrected chi connectivity index (χ2v) is 6.33. The van der Waals surface area contributed by atoms with Gasteiger partial charge in [0.25, 0.3) is 0 Å². The number of ether oxygens (including phenoxy) is 1. The molecule has 0 saturated carbocycles. The van der Waals surface area contributed by atoms with E-state index in [1.807, 2.05) is 18.2 Å². The number of nitrogens with one attached hydrogen (secondary N) is 2. The number of nitrogens with zero attached hydrogens (tertiary/aromatic N) is 1. The Balaban J connectivity index is 1.49. The van der Waals surface area contributed by atoms with Crippen LogP contribution in [0.5, 0.6) is 0 Å². The number of rotatable bonds is 5. The highest BCUT2D eigenvalue weighted by Gasteiger charge is 2.29. The molecule has 0 radical (unpaired) electrons. The van der Waals surface area contributed by atoms with Crippen molar-refractivity contribution in [1.82, 2.24) is 10.2 Å². The van der Waals surface area contributed by atoms with E-state index < -0.39 is 0 Å². The van der Waals surface area contributed by atoms with E-state index in [1.54, 1.807) is 0 Å². The normalized spacial score (nSPS) is 22.1. The first-order valence-electron chi connectivity index (χ1n) is 7.38. The van der Waals surface area contributed by atoms with Crippen LogP contribution in [-0.2, 0) is 9.53 Å². The van der Waals surface area contributed by atoms with E-state index >= 15 is 0 Å². The molecule has 1 aromatic rings. The molecule has 1 unspecified atom stereocenters. The molecule has 0 aliphatic carbocycles. The van der Waals surface area contributed by atoms with Gasteiger partial charge in [-0.1, -0.05) is 15.9 Å². The van der Waals surface area contributed by atoms with Gasteiger partial charge in [0.1, 0.15) is 6.04 Å². The largest absolute Gasteiger partial charge is 0.379 e. The Hall–Kier alpha value is -0.950. The second-order valence-electron chi connectivity index (χ2n) is 5.42. The average molecular weight is 354 g/mol. The van der Waals surface area contributed by atoms with Crippen molar-refractivity contribution in [3.63, 3.8) is 0 Å². The highest BCUT2D eigenvalue weighted by atomic mass is 79.9. The minimum absolute atomic E-state index is 0.0365. The summed E-state index contributed by atoms with van der Waals surface area (Å²) in [6.07, 6.45) is 1.03. The van der Waals surface area contributed by atoms with Gasteiger partial charge in [-0.3, -0.25) is 9.69 Å². The lowest BCUT2D eigenvalue weighted by Gasteiger charge is -2.26. The Morgan fingerprint density at radius 1 is 1.38 bits per heavy atom. The van der Waals surface area contributed by atoms with E-state index in [4.69, 9.17) is 4.74 Å². The number of anilines is 1. The number of halogens is 1. The maximum absolute atomic E-state index is 12.0. The van der Waals surface area contributed by atoms with Gasteiger partial charge in [0.15, 0.2) is 0 Å². The number of carbonyl (C=O) groups is 1. The third-order valence-electron chi connectivity index (χ3n) is 3.95. The maximum Gasteiger partial charge on any atom is 0.246 e. The predicted molar refractivity (Wildman–Crippen MR) is 85.4 cm³/mol. The Morgan fingerprint density at radius 2 is 2.19 bits per heavy atom. The highest BCUT2D eigenvalue weighted by molar-refractivity contribution is 9.10. The Labute approximate surface area is 133 Å². The zero-order chi connectivity index (χ0) is 14.7. The van der Waals surface area contributed by atoms with Crippen LogP contribution in [0, 0.1) is 0 Å². The van der Waals surface area contributed by atoms with Crippen LogP contribution >= 0.6 is 15.9 Å². The SMILES string of the molecule is O=C1Nc2ccc(Br)cc2C1NCCCN1CCOCC1. The number of hydrogen-bond acceptors (Lipinski definition) is 4. The summed E-state index contributed by atoms with van der Waals surface area (Å²) < 4.78 is 6.33. The van der Waals surface area contributed by atoms with Gasteiger partial charge >= 0.3 is 0 Å². The average Bonchev–Trinajstić information content (AvgIpc) is 2.80. The maximum atomic E-state index is 12.0. The van der Waals surface area contributed by atoms with Crippen LogP contribution in [-0.4, -0.2) is 50.2 Å². The Bertz CT molecular complexity index is 518. The third kappa shape index (κ3) is 3.63. The van der Waals surface area contributed by atoms with Crippen molar-refractivity contribution in [1.29, 1.82) is 0 Å². The van der Waals surface area contributed by atoms with Crippen LogP contribution in [0.15, 0.2) is 22.7 Å². The number of hydrogen-bond donors (Lipinski definition) is 2. The zero-order valence-electron chi connectivity index (χ0n) is 11.9. The van der Waals surface area contributed by atoms with Crippen molar-refractivity contribution >= 4 is 27.5 Å². The van der Waals surface area contributed by atoms with Crippen LogP contribution < -0.4 is 10.6 Å². The summed E-state index contributed by atoms with van der Waals surface area (Å²) in [5, 5.41) is 6.28. The van der Waals surface area contributed by atoms with Crippen LogP contribution in [0.25, 0.3) is 0 Å². The summed E-state index contributed by atoms with van der Waals surface area (Å²) >= 11 is 3.46. The standard InChI is InChI=1S/C15H20BrN3O2/c16-11-2-3-13-12(10-11)14(15(20)18-13)17-4-1-5-19-6-8-21-9-7-19/h2-3,10,14,17H,1,4-9H2,(H,18,20). The number of amides is 1. The van der Waals surface area contributed by atoms with E-state index in [0.29, 0.717) is 0 Å². The molecule has 3 rings (SSSR count). The van der Waals surface area contributed by atoms with Crippen molar-refractivity contribution in [2.45, 2.75) is 12.5 Å². The molecule has 21 heavy (non-hydrogen) atoms.